The summed E-state index contributed by atoms with van der Waals surface area (Å²) >= 11 is 0. The SMILES string of the molecule is O=C(O)C1(c2cc[nH]c(=O)c2)CCC1. The van der Waals surface area contributed by atoms with Gasteiger partial charge < -0.3 is 10.1 Å². The van der Waals surface area contributed by atoms with Gasteiger partial charge >= 0.3 is 5.97 Å². The molecule has 0 atom stereocenters. The molecule has 0 unspecified atom stereocenters. The van der Waals surface area contributed by atoms with Gasteiger partial charge in [0.1, 0.15) is 0 Å². The van der Waals surface area contributed by atoms with Gasteiger partial charge in [0, 0.05) is 12.3 Å². The van der Waals surface area contributed by atoms with E-state index < -0.39 is 11.4 Å². The van der Waals surface area contributed by atoms with E-state index >= 15 is 0 Å². The lowest BCUT2D eigenvalue weighted by atomic mass is 9.65. The predicted molar refractivity (Wildman–Crippen MR) is 50.2 cm³/mol. The average molecular weight is 193 g/mol. The second-order valence-electron chi connectivity index (χ2n) is 3.68. The van der Waals surface area contributed by atoms with Gasteiger partial charge in [0.05, 0.1) is 5.41 Å². The second kappa shape index (κ2) is 2.97. The highest BCUT2D eigenvalue weighted by Crippen LogP contribution is 2.43. The molecule has 0 aromatic carbocycles. The van der Waals surface area contributed by atoms with Crippen LogP contribution in [0.15, 0.2) is 23.1 Å². The maximum atomic E-state index is 11.1. The maximum absolute atomic E-state index is 11.1. The highest BCUT2D eigenvalue weighted by molar-refractivity contribution is 5.82. The molecular weight excluding hydrogens is 182 g/mol. The number of rotatable bonds is 2. The number of carbonyl (C=O) groups is 1. The number of aromatic nitrogens is 1. The Morgan fingerprint density at radius 1 is 1.50 bits per heavy atom. The fraction of sp³-hybridized carbons (Fsp3) is 0.400. The molecule has 1 saturated carbocycles. The molecule has 0 spiro atoms. The zero-order valence-corrected chi connectivity index (χ0v) is 7.62. The van der Waals surface area contributed by atoms with E-state index in [0.717, 1.165) is 6.42 Å². The van der Waals surface area contributed by atoms with Crippen LogP contribution in [0.25, 0.3) is 0 Å². The lowest BCUT2D eigenvalue weighted by molar-refractivity contribution is -0.147. The molecule has 2 N–H and O–H groups in total. The van der Waals surface area contributed by atoms with Crippen LogP contribution in [0, 0.1) is 0 Å². The molecular formula is C10H11NO3. The van der Waals surface area contributed by atoms with Crippen molar-refractivity contribution in [1.29, 1.82) is 0 Å². The van der Waals surface area contributed by atoms with Crippen molar-refractivity contribution < 1.29 is 9.90 Å². The first kappa shape index (κ1) is 8.99. The van der Waals surface area contributed by atoms with Crippen LogP contribution in [0.5, 0.6) is 0 Å². The maximum Gasteiger partial charge on any atom is 0.314 e. The van der Waals surface area contributed by atoms with E-state index in [-0.39, 0.29) is 5.56 Å². The summed E-state index contributed by atoms with van der Waals surface area (Å²) in [5.41, 5.74) is -0.413. The van der Waals surface area contributed by atoms with Gasteiger partial charge in [-0.25, -0.2) is 0 Å². The minimum Gasteiger partial charge on any atom is -0.481 e. The molecule has 2 rings (SSSR count). The fourth-order valence-electron chi connectivity index (χ4n) is 1.90. The van der Waals surface area contributed by atoms with Crippen molar-refractivity contribution in [1.82, 2.24) is 4.98 Å². The van der Waals surface area contributed by atoms with Crippen LogP contribution in [-0.2, 0) is 10.2 Å². The third-order valence-electron chi connectivity index (χ3n) is 2.94. The van der Waals surface area contributed by atoms with Gasteiger partial charge in [-0.2, -0.15) is 0 Å². The van der Waals surface area contributed by atoms with Crippen molar-refractivity contribution in [3.05, 3.63) is 34.2 Å². The van der Waals surface area contributed by atoms with E-state index in [9.17, 15) is 9.59 Å². The van der Waals surface area contributed by atoms with Crippen molar-refractivity contribution in [3.8, 4) is 0 Å². The highest BCUT2D eigenvalue weighted by atomic mass is 16.4. The smallest absolute Gasteiger partial charge is 0.314 e. The Morgan fingerprint density at radius 3 is 2.64 bits per heavy atom. The first-order chi connectivity index (χ1) is 6.65. The van der Waals surface area contributed by atoms with Crippen molar-refractivity contribution in [2.75, 3.05) is 0 Å². The van der Waals surface area contributed by atoms with Crippen LogP contribution in [-0.4, -0.2) is 16.1 Å². The molecule has 1 aromatic heterocycles. The Morgan fingerprint density at radius 2 is 2.21 bits per heavy atom. The number of nitrogens with one attached hydrogen (secondary N) is 1. The number of carboxylic acid groups (broad SMARTS) is 1. The Labute approximate surface area is 80.6 Å². The van der Waals surface area contributed by atoms with Crippen LogP contribution in [0.2, 0.25) is 0 Å². The molecule has 0 radical (unpaired) electrons. The predicted octanol–water partition coefficient (Wildman–Crippen LogP) is 0.881. The minimum absolute atomic E-state index is 0.241. The van der Waals surface area contributed by atoms with Gasteiger partial charge in [0.15, 0.2) is 0 Å². The standard InChI is InChI=1S/C10H11NO3/c12-8-6-7(2-5-11-8)10(9(13)14)3-1-4-10/h2,5-6H,1,3-4H2,(H,11,12)(H,13,14). The molecule has 0 aliphatic heterocycles. The molecule has 0 amide bonds. The largest absolute Gasteiger partial charge is 0.481 e. The molecule has 1 aliphatic carbocycles. The second-order valence-corrected chi connectivity index (χ2v) is 3.68. The molecule has 1 fully saturated rings. The first-order valence-electron chi connectivity index (χ1n) is 4.58. The molecule has 14 heavy (non-hydrogen) atoms. The van der Waals surface area contributed by atoms with Gasteiger partial charge in [0.25, 0.3) is 0 Å². The van der Waals surface area contributed by atoms with E-state index in [1.54, 1.807) is 6.07 Å². The van der Waals surface area contributed by atoms with Crippen LogP contribution in [0.4, 0.5) is 0 Å². The third-order valence-corrected chi connectivity index (χ3v) is 2.94. The van der Waals surface area contributed by atoms with Crippen molar-refractivity contribution in [3.63, 3.8) is 0 Å². The Hall–Kier alpha value is -1.58. The summed E-state index contributed by atoms with van der Waals surface area (Å²) < 4.78 is 0. The van der Waals surface area contributed by atoms with Gasteiger partial charge in [-0.1, -0.05) is 6.42 Å². The summed E-state index contributed by atoms with van der Waals surface area (Å²) in [6.45, 7) is 0. The van der Waals surface area contributed by atoms with E-state index in [2.05, 4.69) is 4.98 Å². The Balaban J connectivity index is 2.47. The number of carboxylic acids is 1. The monoisotopic (exact) mass is 193 g/mol. The van der Waals surface area contributed by atoms with Crippen molar-refractivity contribution in [2.45, 2.75) is 24.7 Å². The number of pyridine rings is 1. The number of hydrogen-bond acceptors (Lipinski definition) is 2. The number of aromatic amines is 1. The molecule has 1 aliphatic rings. The van der Waals surface area contributed by atoms with Crippen molar-refractivity contribution in [2.24, 2.45) is 0 Å². The summed E-state index contributed by atoms with van der Waals surface area (Å²) in [6, 6.07) is 3.06. The lowest BCUT2D eigenvalue weighted by Gasteiger charge is -2.37. The van der Waals surface area contributed by atoms with Gasteiger partial charge in [-0.05, 0) is 24.5 Å². The third kappa shape index (κ3) is 1.14. The summed E-state index contributed by atoms with van der Waals surface area (Å²) in [4.78, 5) is 24.6. The molecule has 1 heterocycles. The van der Waals surface area contributed by atoms with Crippen LogP contribution >= 0.6 is 0 Å². The Kier molecular flexibility index (Phi) is 1.91. The zero-order chi connectivity index (χ0) is 10.2. The Bertz CT molecular complexity index is 417. The van der Waals surface area contributed by atoms with Gasteiger partial charge in [0.2, 0.25) is 5.56 Å². The number of aliphatic carboxylic acids is 1. The van der Waals surface area contributed by atoms with E-state index in [0.29, 0.717) is 18.4 Å². The molecule has 0 saturated heterocycles. The quantitative estimate of drug-likeness (QED) is 0.732. The minimum atomic E-state index is -0.825. The molecule has 4 nitrogen and oxygen atoms in total. The van der Waals surface area contributed by atoms with Crippen LogP contribution in [0.1, 0.15) is 24.8 Å². The lowest BCUT2D eigenvalue weighted by Crippen LogP contribution is -2.42. The van der Waals surface area contributed by atoms with Crippen LogP contribution < -0.4 is 5.56 Å². The van der Waals surface area contributed by atoms with E-state index in [1.165, 1.54) is 12.3 Å². The molecule has 1 aromatic rings. The van der Waals surface area contributed by atoms with Gasteiger partial charge in [-0.15, -0.1) is 0 Å². The summed E-state index contributed by atoms with van der Waals surface area (Å²) in [7, 11) is 0. The summed E-state index contributed by atoms with van der Waals surface area (Å²) in [6.07, 6.45) is 3.68. The van der Waals surface area contributed by atoms with Crippen LogP contribution in [0.3, 0.4) is 0 Å². The number of hydrogen-bond donors (Lipinski definition) is 2. The highest BCUT2D eigenvalue weighted by Gasteiger charge is 2.45. The summed E-state index contributed by atoms with van der Waals surface area (Å²) in [5.74, 6) is -0.825. The molecule has 74 valence electrons. The summed E-state index contributed by atoms with van der Waals surface area (Å²) in [5, 5.41) is 9.12. The van der Waals surface area contributed by atoms with Gasteiger partial charge in [-0.3, -0.25) is 9.59 Å². The zero-order valence-electron chi connectivity index (χ0n) is 7.62. The molecule has 0 bridgehead atoms. The topological polar surface area (TPSA) is 70.2 Å². The fourth-order valence-corrected chi connectivity index (χ4v) is 1.90. The van der Waals surface area contributed by atoms with E-state index in [1.807, 2.05) is 0 Å². The number of H-pyrrole nitrogens is 1. The van der Waals surface area contributed by atoms with E-state index in [4.69, 9.17) is 5.11 Å². The first-order valence-corrected chi connectivity index (χ1v) is 4.58. The average Bonchev–Trinajstić information content (AvgIpc) is 2.00. The molecule has 4 heteroatoms. The van der Waals surface area contributed by atoms with Crippen molar-refractivity contribution >= 4 is 5.97 Å². The normalized spacial score (nSPS) is 18.6.